The largest absolute Gasteiger partial charge is 0.497 e. The number of rotatable bonds is 7. The van der Waals surface area contributed by atoms with Gasteiger partial charge in [-0.3, -0.25) is 15.0 Å². The number of H-pyrrole nitrogens is 2. The highest BCUT2D eigenvalue weighted by atomic mass is 16.5. The van der Waals surface area contributed by atoms with E-state index in [2.05, 4.69) is 15.3 Å². The zero-order chi connectivity index (χ0) is 21.3. The van der Waals surface area contributed by atoms with Crippen molar-refractivity contribution < 1.29 is 9.47 Å². The van der Waals surface area contributed by atoms with Crippen LogP contribution in [0.4, 0.5) is 0 Å². The summed E-state index contributed by atoms with van der Waals surface area (Å²) in [6.45, 7) is 4.33. The SMILES string of the molecule is COCc1[nH]n2c(=O)cc(CCc3c(C)n[nH]c3C)nc2c1-c1ccc(OC)cc1. The molecule has 4 rings (SSSR count). The van der Waals surface area contributed by atoms with Crippen LogP contribution in [0.1, 0.15) is 28.3 Å². The van der Waals surface area contributed by atoms with E-state index < -0.39 is 0 Å². The number of ether oxygens (including phenoxy) is 2. The van der Waals surface area contributed by atoms with Crippen LogP contribution in [0.5, 0.6) is 5.75 Å². The van der Waals surface area contributed by atoms with Gasteiger partial charge in [0.1, 0.15) is 5.75 Å². The van der Waals surface area contributed by atoms with Gasteiger partial charge in [-0.2, -0.15) is 5.10 Å². The highest BCUT2D eigenvalue weighted by molar-refractivity contribution is 5.80. The molecule has 0 bridgehead atoms. The van der Waals surface area contributed by atoms with Crippen molar-refractivity contribution in [3.63, 3.8) is 0 Å². The first-order chi connectivity index (χ1) is 14.5. The lowest BCUT2D eigenvalue weighted by Crippen LogP contribution is -2.16. The monoisotopic (exact) mass is 407 g/mol. The molecular weight excluding hydrogens is 382 g/mol. The molecule has 8 heteroatoms. The summed E-state index contributed by atoms with van der Waals surface area (Å²) in [5, 5.41) is 10.4. The van der Waals surface area contributed by atoms with E-state index in [0.717, 1.165) is 46.1 Å². The summed E-state index contributed by atoms with van der Waals surface area (Å²) in [4.78, 5) is 17.6. The van der Waals surface area contributed by atoms with Gasteiger partial charge < -0.3 is 9.47 Å². The molecule has 4 aromatic rings. The van der Waals surface area contributed by atoms with Gasteiger partial charge in [-0.1, -0.05) is 12.1 Å². The molecule has 0 amide bonds. The summed E-state index contributed by atoms with van der Waals surface area (Å²) < 4.78 is 12.1. The Hall–Kier alpha value is -3.39. The van der Waals surface area contributed by atoms with Crippen LogP contribution in [0.15, 0.2) is 35.1 Å². The van der Waals surface area contributed by atoms with Crippen molar-refractivity contribution in [3.8, 4) is 16.9 Å². The summed E-state index contributed by atoms with van der Waals surface area (Å²) >= 11 is 0. The van der Waals surface area contributed by atoms with Crippen molar-refractivity contribution in [2.75, 3.05) is 14.2 Å². The van der Waals surface area contributed by atoms with Gasteiger partial charge in [0.15, 0.2) is 5.65 Å². The number of fused-ring (bicyclic) bond motifs is 1. The fraction of sp³-hybridized carbons (Fsp3) is 0.318. The second-order valence-electron chi connectivity index (χ2n) is 7.28. The summed E-state index contributed by atoms with van der Waals surface area (Å²) in [6, 6.07) is 9.28. The van der Waals surface area contributed by atoms with Crippen molar-refractivity contribution in [3.05, 3.63) is 69.0 Å². The molecule has 3 heterocycles. The first-order valence-electron chi connectivity index (χ1n) is 9.79. The summed E-state index contributed by atoms with van der Waals surface area (Å²) in [5.74, 6) is 0.767. The van der Waals surface area contributed by atoms with Crippen molar-refractivity contribution in [1.82, 2.24) is 24.8 Å². The van der Waals surface area contributed by atoms with E-state index in [1.165, 1.54) is 10.1 Å². The Morgan fingerprint density at radius 1 is 1.10 bits per heavy atom. The number of hydrogen-bond acceptors (Lipinski definition) is 5. The first kappa shape index (κ1) is 19.9. The number of methoxy groups -OCH3 is 2. The van der Waals surface area contributed by atoms with Crippen molar-refractivity contribution in [2.45, 2.75) is 33.3 Å². The molecule has 0 aliphatic rings. The van der Waals surface area contributed by atoms with E-state index in [9.17, 15) is 4.79 Å². The normalized spacial score (nSPS) is 11.3. The van der Waals surface area contributed by atoms with E-state index in [1.54, 1.807) is 20.3 Å². The lowest BCUT2D eigenvalue weighted by molar-refractivity contribution is 0.181. The molecule has 0 aliphatic carbocycles. The maximum Gasteiger partial charge on any atom is 0.272 e. The van der Waals surface area contributed by atoms with Gasteiger partial charge in [0.05, 0.1) is 25.1 Å². The predicted molar refractivity (Wildman–Crippen MR) is 114 cm³/mol. The van der Waals surface area contributed by atoms with Crippen LogP contribution in [0.25, 0.3) is 16.8 Å². The summed E-state index contributed by atoms with van der Waals surface area (Å²) in [5.41, 5.74) is 6.98. The lowest BCUT2D eigenvalue weighted by Gasteiger charge is -2.06. The van der Waals surface area contributed by atoms with E-state index in [-0.39, 0.29) is 5.56 Å². The Labute approximate surface area is 173 Å². The van der Waals surface area contributed by atoms with E-state index >= 15 is 0 Å². The molecular formula is C22H25N5O3. The molecule has 3 aromatic heterocycles. The molecule has 8 nitrogen and oxygen atoms in total. The second kappa shape index (κ2) is 8.16. The molecule has 0 unspecified atom stereocenters. The minimum absolute atomic E-state index is 0.146. The number of nitrogens with one attached hydrogen (secondary N) is 2. The fourth-order valence-corrected chi connectivity index (χ4v) is 3.76. The third-order valence-electron chi connectivity index (χ3n) is 5.32. The van der Waals surface area contributed by atoms with Gasteiger partial charge in [0, 0.05) is 30.1 Å². The van der Waals surface area contributed by atoms with Gasteiger partial charge in [0.2, 0.25) is 0 Å². The molecule has 0 atom stereocenters. The minimum atomic E-state index is -0.146. The topological polar surface area (TPSA) is 97.3 Å². The predicted octanol–water partition coefficient (Wildman–Crippen LogP) is 2.97. The summed E-state index contributed by atoms with van der Waals surface area (Å²) in [7, 11) is 3.26. The molecule has 30 heavy (non-hydrogen) atoms. The fourth-order valence-electron chi connectivity index (χ4n) is 3.76. The lowest BCUT2D eigenvalue weighted by atomic mass is 10.0. The maximum absolute atomic E-state index is 12.8. The Morgan fingerprint density at radius 2 is 1.87 bits per heavy atom. The average molecular weight is 407 g/mol. The average Bonchev–Trinajstić information content (AvgIpc) is 3.26. The summed E-state index contributed by atoms with van der Waals surface area (Å²) in [6.07, 6.45) is 1.42. The van der Waals surface area contributed by atoms with Crippen LogP contribution in [-0.2, 0) is 24.2 Å². The number of aryl methyl sites for hydroxylation is 3. The van der Waals surface area contributed by atoms with Gasteiger partial charge in [-0.05, 0) is 49.9 Å². The number of aromatic nitrogens is 5. The molecule has 2 N–H and O–H groups in total. The smallest absolute Gasteiger partial charge is 0.272 e. The second-order valence-corrected chi connectivity index (χ2v) is 7.28. The molecule has 0 saturated carbocycles. The third-order valence-corrected chi connectivity index (χ3v) is 5.32. The molecule has 156 valence electrons. The quantitative estimate of drug-likeness (QED) is 0.491. The Morgan fingerprint density at radius 3 is 2.50 bits per heavy atom. The van der Waals surface area contributed by atoms with Crippen LogP contribution in [0, 0.1) is 13.8 Å². The van der Waals surface area contributed by atoms with Crippen molar-refractivity contribution in [2.24, 2.45) is 0 Å². The Bertz CT molecular complexity index is 1210. The van der Waals surface area contributed by atoms with E-state index in [0.29, 0.717) is 18.7 Å². The number of benzene rings is 1. The highest BCUT2D eigenvalue weighted by Gasteiger charge is 2.18. The number of aromatic amines is 2. The van der Waals surface area contributed by atoms with Gasteiger partial charge >= 0.3 is 0 Å². The van der Waals surface area contributed by atoms with E-state index in [1.807, 2.05) is 38.1 Å². The van der Waals surface area contributed by atoms with E-state index in [4.69, 9.17) is 14.5 Å². The third kappa shape index (κ3) is 3.61. The van der Waals surface area contributed by atoms with Crippen molar-refractivity contribution in [1.29, 1.82) is 0 Å². The van der Waals surface area contributed by atoms with Crippen LogP contribution in [0.2, 0.25) is 0 Å². The highest BCUT2D eigenvalue weighted by Crippen LogP contribution is 2.29. The molecule has 1 aromatic carbocycles. The molecule has 0 aliphatic heterocycles. The Balaban J connectivity index is 1.78. The van der Waals surface area contributed by atoms with Crippen molar-refractivity contribution >= 4 is 5.65 Å². The number of hydrogen-bond donors (Lipinski definition) is 2. The minimum Gasteiger partial charge on any atom is -0.497 e. The van der Waals surface area contributed by atoms with Crippen LogP contribution in [-0.4, -0.2) is 39.0 Å². The van der Waals surface area contributed by atoms with Crippen LogP contribution in [0.3, 0.4) is 0 Å². The van der Waals surface area contributed by atoms with Gasteiger partial charge in [0.25, 0.3) is 5.56 Å². The Kier molecular flexibility index (Phi) is 5.41. The maximum atomic E-state index is 12.8. The number of nitrogens with zero attached hydrogens (tertiary/aromatic N) is 3. The molecule has 0 spiro atoms. The van der Waals surface area contributed by atoms with Crippen LogP contribution >= 0.6 is 0 Å². The molecule has 0 saturated heterocycles. The van der Waals surface area contributed by atoms with Crippen LogP contribution < -0.4 is 10.3 Å². The zero-order valence-corrected chi connectivity index (χ0v) is 17.6. The van der Waals surface area contributed by atoms with Gasteiger partial charge in [-0.15, -0.1) is 0 Å². The van der Waals surface area contributed by atoms with Gasteiger partial charge in [-0.25, -0.2) is 9.50 Å². The zero-order valence-electron chi connectivity index (χ0n) is 17.6. The molecule has 0 radical (unpaired) electrons. The molecule has 0 fully saturated rings. The standard InChI is InChI=1S/C22H25N5O3/c1-13-18(14(2)25-24-13)10-7-16-11-20(28)27-22(23-16)21(19(26-27)12-29-3)15-5-8-17(30-4)9-6-15/h5-6,8-9,11,26H,7,10,12H2,1-4H3,(H,24,25). The first-order valence-corrected chi connectivity index (χ1v) is 9.79.